The maximum absolute atomic E-state index is 12.8. The number of hydrogen-bond acceptors (Lipinski definition) is 5. The third-order valence-electron chi connectivity index (χ3n) is 4.20. The number of carbonyl (C=O) groups is 3. The molecule has 9 heteroatoms. The maximum atomic E-state index is 12.8. The normalized spacial score (nSPS) is 19.4. The number of urea groups is 1. The van der Waals surface area contributed by atoms with E-state index in [2.05, 4.69) is 10.0 Å². The molecule has 27 heavy (non-hydrogen) atoms. The van der Waals surface area contributed by atoms with E-state index in [0.717, 1.165) is 5.56 Å². The molecule has 0 radical (unpaired) electrons. The molecule has 2 N–H and O–H groups in total. The van der Waals surface area contributed by atoms with Crippen LogP contribution in [-0.2, 0) is 16.1 Å². The van der Waals surface area contributed by atoms with Crippen LogP contribution in [0.3, 0.4) is 0 Å². The topological polar surface area (TPSA) is 81.8 Å². The molecule has 144 valence electrons. The molecule has 0 bridgehead atoms. The minimum atomic E-state index is -0.601. The van der Waals surface area contributed by atoms with Gasteiger partial charge in [-0.25, -0.2) is 9.52 Å². The fourth-order valence-electron chi connectivity index (χ4n) is 2.89. The summed E-state index contributed by atoms with van der Waals surface area (Å²) in [7, 11) is 0. The smallest absolute Gasteiger partial charge is 0.331 e. The first-order valence-corrected chi connectivity index (χ1v) is 9.88. The van der Waals surface area contributed by atoms with E-state index in [9.17, 15) is 14.4 Å². The van der Waals surface area contributed by atoms with Crippen molar-refractivity contribution in [2.45, 2.75) is 26.4 Å². The summed E-state index contributed by atoms with van der Waals surface area (Å²) in [6, 6.07) is 6.10. The van der Waals surface area contributed by atoms with Crippen LogP contribution in [0.2, 0.25) is 5.02 Å². The van der Waals surface area contributed by atoms with Crippen molar-refractivity contribution in [3.8, 4) is 0 Å². The molecule has 7 nitrogen and oxygen atoms in total. The summed E-state index contributed by atoms with van der Waals surface area (Å²) < 4.78 is 2.99. The van der Waals surface area contributed by atoms with Crippen LogP contribution in [0.15, 0.2) is 35.4 Å². The Labute approximate surface area is 167 Å². The number of amides is 4. The van der Waals surface area contributed by atoms with Crippen molar-refractivity contribution < 1.29 is 14.4 Å². The largest absolute Gasteiger partial charge is 0.350 e. The van der Waals surface area contributed by atoms with Crippen molar-refractivity contribution in [2.24, 2.45) is 5.92 Å². The lowest BCUT2D eigenvalue weighted by Crippen LogP contribution is -2.61. The zero-order valence-corrected chi connectivity index (χ0v) is 16.6. The molecule has 0 saturated carbocycles. The summed E-state index contributed by atoms with van der Waals surface area (Å²) in [5.74, 6) is -0.436. The van der Waals surface area contributed by atoms with Crippen LogP contribution in [0.4, 0.5) is 4.79 Å². The third kappa shape index (κ3) is 4.45. The molecule has 0 aromatic heterocycles. The number of rotatable bonds is 6. The molecule has 0 aliphatic carbocycles. The molecule has 1 atom stereocenters. The van der Waals surface area contributed by atoms with Crippen LogP contribution < -0.4 is 10.0 Å². The molecule has 1 fully saturated rings. The fourth-order valence-corrected chi connectivity index (χ4v) is 3.82. The lowest BCUT2D eigenvalue weighted by Gasteiger charge is -2.38. The quantitative estimate of drug-likeness (QED) is 0.706. The third-order valence-corrected chi connectivity index (χ3v) is 5.18. The summed E-state index contributed by atoms with van der Waals surface area (Å²) in [4.78, 5) is 40.4. The maximum Gasteiger partial charge on any atom is 0.331 e. The van der Waals surface area contributed by atoms with E-state index >= 15 is 0 Å². The second-order valence-corrected chi connectivity index (χ2v) is 7.97. The predicted molar refractivity (Wildman–Crippen MR) is 105 cm³/mol. The first-order chi connectivity index (χ1) is 12.9. The molecule has 2 heterocycles. The zero-order chi connectivity index (χ0) is 19.6. The van der Waals surface area contributed by atoms with Crippen LogP contribution >= 0.6 is 23.5 Å². The van der Waals surface area contributed by atoms with Crippen LogP contribution in [0.25, 0.3) is 0 Å². The van der Waals surface area contributed by atoms with Gasteiger partial charge < -0.3 is 5.32 Å². The van der Waals surface area contributed by atoms with Crippen LogP contribution in [-0.4, -0.2) is 46.8 Å². The van der Waals surface area contributed by atoms with Gasteiger partial charge in [0.2, 0.25) is 5.91 Å². The Morgan fingerprint density at radius 1 is 1.26 bits per heavy atom. The first-order valence-electron chi connectivity index (χ1n) is 8.62. The summed E-state index contributed by atoms with van der Waals surface area (Å²) in [6.07, 6.45) is 0. The van der Waals surface area contributed by atoms with Gasteiger partial charge in [0.25, 0.3) is 5.91 Å². The number of nitrogens with zero attached hydrogens (tertiary/aromatic N) is 2. The fraction of sp³-hybridized carbons (Fsp3) is 0.389. The number of imide groups is 1. The average Bonchev–Trinajstić information content (AvgIpc) is 3.11. The van der Waals surface area contributed by atoms with E-state index in [0.29, 0.717) is 23.8 Å². The van der Waals surface area contributed by atoms with E-state index in [1.165, 1.54) is 21.7 Å². The van der Waals surface area contributed by atoms with Crippen molar-refractivity contribution in [3.63, 3.8) is 0 Å². The van der Waals surface area contributed by atoms with Crippen molar-refractivity contribution in [2.75, 3.05) is 13.1 Å². The molecular formula is C18H21ClN4O3S. The van der Waals surface area contributed by atoms with E-state index in [1.54, 1.807) is 17.5 Å². The number of carbonyl (C=O) groups excluding carboxylic acids is 3. The number of nitrogens with one attached hydrogen (secondary N) is 2. The van der Waals surface area contributed by atoms with Crippen LogP contribution in [0.5, 0.6) is 0 Å². The highest BCUT2D eigenvalue weighted by Gasteiger charge is 2.45. The van der Waals surface area contributed by atoms with Crippen LogP contribution in [0, 0.1) is 5.92 Å². The molecule has 2 aliphatic rings. The molecule has 4 amide bonds. The Morgan fingerprint density at radius 3 is 2.63 bits per heavy atom. The Hall–Kier alpha value is -2.03. The second kappa shape index (κ2) is 8.33. The molecule has 1 unspecified atom stereocenters. The molecule has 1 aromatic carbocycles. The Balaban J connectivity index is 1.67. The van der Waals surface area contributed by atoms with Gasteiger partial charge in [0.05, 0.1) is 5.70 Å². The number of benzene rings is 1. The van der Waals surface area contributed by atoms with Gasteiger partial charge in [0.15, 0.2) is 0 Å². The highest BCUT2D eigenvalue weighted by Crippen LogP contribution is 2.29. The summed E-state index contributed by atoms with van der Waals surface area (Å²) in [6.45, 7) is 4.38. The standard InChI is InChI=1S/C18H21ClN4O3S/c1-11(2)8-23-17(25)16-14(10-27-21-16)22(18(23)26)9-15(24)20-7-12-3-5-13(19)6-4-12/h3-6,10-11,16,21H,7-9H2,1-2H3,(H,20,24). The summed E-state index contributed by atoms with van der Waals surface area (Å²) >= 11 is 7.11. The zero-order valence-electron chi connectivity index (χ0n) is 15.1. The minimum Gasteiger partial charge on any atom is -0.350 e. The molecule has 1 saturated heterocycles. The molecule has 0 spiro atoms. The van der Waals surface area contributed by atoms with Gasteiger partial charge in [0, 0.05) is 23.5 Å². The van der Waals surface area contributed by atoms with Crippen molar-refractivity contribution in [1.29, 1.82) is 0 Å². The minimum absolute atomic E-state index is 0.137. The number of halogens is 1. The lowest BCUT2D eigenvalue weighted by atomic mass is 10.1. The Kier molecular flexibility index (Phi) is 6.08. The molecule has 2 aliphatic heterocycles. The second-order valence-electron chi connectivity index (χ2n) is 6.83. The van der Waals surface area contributed by atoms with E-state index in [1.807, 2.05) is 26.0 Å². The molecular weight excluding hydrogens is 388 g/mol. The Morgan fingerprint density at radius 2 is 1.96 bits per heavy atom. The van der Waals surface area contributed by atoms with E-state index < -0.39 is 12.1 Å². The Bertz CT molecular complexity index is 781. The predicted octanol–water partition coefficient (Wildman–Crippen LogP) is 2.34. The molecule has 3 rings (SSSR count). The highest BCUT2D eigenvalue weighted by atomic mass is 35.5. The SMILES string of the molecule is CC(C)CN1C(=O)C2NSC=C2N(CC(=O)NCc2ccc(Cl)cc2)C1=O. The van der Waals surface area contributed by atoms with E-state index in [-0.39, 0.29) is 24.3 Å². The van der Waals surface area contributed by atoms with Gasteiger partial charge in [-0.1, -0.05) is 49.5 Å². The van der Waals surface area contributed by atoms with Gasteiger partial charge in [-0.15, -0.1) is 0 Å². The van der Waals surface area contributed by atoms with Crippen molar-refractivity contribution in [1.82, 2.24) is 19.8 Å². The van der Waals surface area contributed by atoms with Crippen LogP contribution in [0.1, 0.15) is 19.4 Å². The van der Waals surface area contributed by atoms with Gasteiger partial charge in [0.1, 0.15) is 12.6 Å². The monoisotopic (exact) mass is 408 g/mol. The van der Waals surface area contributed by atoms with Gasteiger partial charge in [-0.3, -0.25) is 19.4 Å². The lowest BCUT2D eigenvalue weighted by molar-refractivity contribution is -0.133. The molecule has 1 aromatic rings. The van der Waals surface area contributed by atoms with Gasteiger partial charge in [-0.2, -0.15) is 0 Å². The van der Waals surface area contributed by atoms with Gasteiger partial charge in [-0.05, 0) is 23.6 Å². The first kappa shape index (κ1) is 19.7. The summed E-state index contributed by atoms with van der Waals surface area (Å²) in [5, 5.41) is 5.14. The van der Waals surface area contributed by atoms with Gasteiger partial charge >= 0.3 is 6.03 Å². The highest BCUT2D eigenvalue weighted by molar-refractivity contribution is 8.00. The van der Waals surface area contributed by atoms with Crippen molar-refractivity contribution >= 4 is 41.4 Å². The average molecular weight is 409 g/mol. The van der Waals surface area contributed by atoms with E-state index in [4.69, 9.17) is 11.6 Å². The number of fused-ring (bicyclic) bond motifs is 1. The number of hydrogen-bond donors (Lipinski definition) is 2. The van der Waals surface area contributed by atoms with Crippen molar-refractivity contribution in [3.05, 3.63) is 46.0 Å². The summed E-state index contributed by atoms with van der Waals surface area (Å²) in [5.41, 5.74) is 1.43.